The van der Waals surface area contributed by atoms with Crippen molar-refractivity contribution in [2.24, 2.45) is 0 Å². The number of hydrogen-bond acceptors (Lipinski definition) is 5. The second kappa shape index (κ2) is 6.94. The molecule has 0 saturated carbocycles. The fourth-order valence-corrected chi connectivity index (χ4v) is 2.80. The molecule has 0 fully saturated rings. The van der Waals surface area contributed by atoms with Crippen LogP contribution in [0.25, 0.3) is 21.9 Å². The van der Waals surface area contributed by atoms with Crippen molar-refractivity contribution in [2.45, 2.75) is 33.1 Å². The molecule has 0 bridgehead atoms. The normalized spacial score (nSPS) is 12.6. The van der Waals surface area contributed by atoms with Gasteiger partial charge < -0.3 is 19.7 Å². The number of nitrogens with one attached hydrogen (secondary N) is 1. The molecule has 126 valence electrons. The van der Waals surface area contributed by atoms with Crippen molar-refractivity contribution in [1.82, 2.24) is 14.5 Å². The Hall–Kier alpha value is -2.51. The number of hydrogen-bond donors (Lipinski definition) is 2. The molecule has 7 nitrogen and oxygen atoms in total. The van der Waals surface area contributed by atoms with E-state index in [0.29, 0.717) is 43.3 Å². The number of para-hydroxylation sites is 1. The standard InChI is InChI=1S/C17H20N4O3/c1-3-24-9-14-20-15-16(21(14)8-11(2)23)12-6-4-5-7-13(12)19-17(15)18-10-22/h4-7,10-11,23H,3,8-9H2,1-2H3,(H,18,19,22). The zero-order valence-electron chi connectivity index (χ0n) is 13.7. The number of nitrogens with zero attached hydrogens (tertiary/aromatic N) is 3. The summed E-state index contributed by atoms with van der Waals surface area (Å²) < 4.78 is 7.45. The summed E-state index contributed by atoms with van der Waals surface area (Å²) in [7, 11) is 0. The van der Waals surface area contributed by atoms with Crippen LogP contribution in [0.1, 0.15) is 19.7 Å². The summed E-state index contributed by atoms with van der Waals surface area (Å²) >= 11 is 0. The molecule has 2 aromatic heterocycles. The van der Waals surface area contributed by atoms with E-state index in [1.54, 1.807) is 6.92 Å². The summed E-state index contributed by atoms with van der Waals surface area (Å²) in [6.45, 7) is 4.92. The van der Waals surface area contributed by atoms with E-state index in [1.807, 2.05) is 35.8 Å². The molecule has 3 aromatic rings. The van der Waals surface area contributed by atoms with Gasteiger partial charge in [0.2, 0.25) is 6.41 Å². The van der Waals surface area contributed by atoms with Gasteiger partial charge in [-0.3, -0.25) is 4.79 Å². The molecule has 1 unspecified atom stereocenters. The molecular weight excluding hydrogens is 308 g/mol. The van der Waals surface area contributed by atoms with E-state index in [4.69, 9.17) is 4.74 Å². The van der Waals surface area contributed by atoms with Crippen molar-refractivity contribution in [1.29, 1.82) is 0 Å². The zero-order chi connectivity index (χ0) is 17.1. The molecule has 0 spiro atoms. The van der Waals surface area contributed by atoms with Crippen LogP contribution in [0.3, 0.4) is 0 Å². The summed E-state index contributed by atoms with van der Waals surface area (Å²) in [6.07, 6.45) is 0.0455. The number of ether oxygens (including phenoxy) is 1. The summed E-state index contributed by atoms with van der Waals surface area (Å²) in [6, 6.07) is 7.66. The second-order valence-corrected chi connectivity index (χ2v) is 5.56. The molecule has 2 N–H and O–H groups in total. The van der Waals surface area contributed by atoms with Gasteiger partial charge in [-0.15, -0.1) is 0 Å². The molecular formula is C17H20N4O3. The van der Waals surface area contributed by atoms with Crippen molar-refractivity contribution in [3.8, 4) is 0 Å². The van der Waals surface area contributed by atoms with E-state index in [1.165, 1.54) is 0 Å². The van der Waals surface area contributed by atoms with Gasteiger partial charge in [-0.25, -0.2) is 9.97 Å². The molecule has 0 aliphatic carbocycles. The first-order chi connectivity index (χ1) is 11.7. The van der Waals surface area contributed by atoms with Crippen molar-refractivity contribution in [3.63, 3.8) is 0 Å². The Morgan fingerprint density at radius 3 is 2.88 bits per heavy atom. The van der Waals surface area contributed by atoms with E-state index in [0.717, 1.165) is 16.4 Å². The summed E-state index contributed by atoms with van der Waals surface area (Å²) in [4.78, 5) is 20.0. The smallest absolute Gasteiger partial charge is 0.212 e. The lowest BCUT2D eigenvalue weighted by Gasteiger charge is -2.12. The molecule has 7 heteroatoms. The van der Waals surface area contributed by atoms with Crippen molar-refractivity contribution < 1.29 is 14.6 Å². The average Bonchev–Trinajstić information content (AvgIpc) is 2.92. The Bertz CT molecular complexity index is 873. The predicted molar refractivity (Wildman–Crippen MR) is 91.7 cm³/mol. The Kier molecular flexibility index (Phi) is 4.73. The van der Waals surface area contributed by atoms with Gasteiger partial charge in [0.15, 0.2) is 5.82 Å². The predicted octanol–water partition coefficient (Wildman–Crippen LogP) is 2.07. The van der Waals surface area contributed by atoms with Gasteiger partial charge in [0.1, 0.15) is 17.9 Å². The highest BCUT2D eigenvalue weighted by Gasteiger charge is 2.19. The van der Waals surface area contributed by atoms with Gasteiger partial charge in [-0.05, 0) is 19.9 Å². The molecule has 2 heterocycles. The number of pyridine rings is 1. The van der Waals surface area contributed by atoms with Gasteiger partial charge in [-0.1, -0.05) is 18.2 Å². The quantitative estimate of drug-likeness (QED) is 0.648. The van der Waals surface area contributed by atoms with E-state index < -0.39 is 6.10 Å². The number of anilines is 1. The Morgan fingerprint density at radius 2 is 2.17 bits per heavy atom. The third kappa shape index (κ3) is 2.95. The maximum absolute atomic E-state index is 10.9. The summed E-state index contributed by atoms with van der Waals surface area (Å²) in [5.41, 5.74) is 2.18. The fourth-order valence-electron chi connectivity index (χ4n) is 2.80. The SMILES string of the molecule is CCOCc1nc2c(NC=O)nc3ccccc3c2n1CC(C)O. The maximum Gasteiger partial charge on any atom is 0.212 e. The van der Waals surface area contributed by atoms with Crippen LogP contribution in [0.4, 0.5) is 5.82 Å². The molecule has 1 atom stereocenters. The summed E-state index contributed by atoms with van der Waals surface area (Å²) in [5, 5.41) is 13.4. The number of carbonyl (C=O) groups excluding carboxylic acids is 1. The van der Waals surface area contributed by atoms with Crippen molar-refractivity contribution in [2.75, 3.05) is 11.9 Å². The van der Waals surface area contributed by atoms with Gasteiger partial charge in [0.25, 0.3) is 0 Å². The van der Waals surface area contributed by atoms with Crippen LogP contribution in [-0.2, 0) is 22.7 Å². The lowest BCUT2D eigenvalue weighted by molar-refractivity contribution is -0.105. The van der Waals surface area contributed by atoms with Crippen LogP contribution in [0.2, 0.25) is 0 Å². The number of benzene rings is 1. The highest BCUT2D eigenvalue weighted by Crippen LogP contribution is 2.30. The Balaban J connectivity index is 2.34. The number of aromatic nitrogens is 3. The van der Waals surface area contributed by atoms with Crippen LogP contribution in [0, 0.1) is 0 Å². The van der Waals surface area contributed by atoms with E-state index in [2.05, 4.69) is 15.3 Å². The third-order valence-corrected chi connectivity index (χ3v) is 3.74. The highest BCUT2D eigenvalue weighted by molar-refractivity contribution is 6.08. The average molecular weight is 328 g/mol. The minimum absolute atomic E-state index is 0.326. The minimum atomic E-state index is -0.544. The van der Waals surface area contributed by atoms with Gasteiger partial charge in [0.05, 0.1) is 23.7 Å². The Morgan fingerprint density at radius 1 is 1.38 bits per heavy atom. The number of fused-ring (bicyclic) bond motifs is 3. The monoisotopic (exact) mass is 328 g/mol. The first-order valence-corrected chi connectivity index (χ1v) is 7.89. The number of aliphatic hydroxyl groups excluding tert-OH is 1. The number of rotatable bonds is 7. The number of amides is 1. The van der Waals surface area contributed by atoms with Gasteiger partial charge in [0, 0.05) is 12.0 Å². The topological polar surface area (TPSA) is 89.3 Å². The molecule has 0 aliphatic rings. The molecule has 24 heavy (non-hydrogen) atoms. The molecule has 0 aliphatic heterocycles. The molecule has 3 rings (SSSR count). The number of imidazole rings is 1. The molecule has 0 radical (unpaired) electrons. The fraction of sp³-hybridized carbons (Fsp3) is 0.353. The lowest BCUT2D eigenvalue weighted by atomic mass is 10.2. The number of aliphatic hydroxyl groups is 1. The van der Waals surface area contributed by atoms with Crippen LogP contribution in [-0.4, -0.2) is 38.8 Å². The van der Waals surface area contributed by atoms with Crippen LogP contribution >= 0.6 is 0 Å². The largest absolute Gasteiger partial charge is 0.392 e. The van der Waals surface area contributed by atoms with E-state index in [9.17, 15) is 9.90 Å². The van der Waals surface area contributed by atoms with Crippen LogP contribution in [0.5, 0.6) is 0 Å². The highest BCUT2D eigenvalue weighted by atomic mass is 16.5. The van der Waals surface area contributed by atoms with Crippen molar-refractivity contribution in [3.05, 3.63) is 30.1 Å². The van der Waals surface area contributed by atoms with Gasteiger partial charge in [-0.2, -0.15) is 0 Å². The Labute approximate surface area is 139 Å². The molecule has 1 aromatic carbocycles. The summed E-state index contributed by atoms with van der Waals surface area (Å²) in [5.74, 6) is 1.10. The first kappa shape index (κ1) is 16.4. The van der Waals surface area contributed by atoms with Crippen molar-refractivity contribution >= 4 is 34.2 Å². The molecule has 0 saturated heterocycles. The lowest BCUT2D eigenvalue weighted by Crippen LogP contribution is -2.15. The maximum atomic E-state index is 10.9. The van der Waals surface area contributed by atoms with Crippen LogP contribution in [0.15, 0.2) is 24.3 Å². The zero-order valence-corrected chi connectivity index (χ0v) is 13.7. The van der Waals surface area contributed by atoms with E-state index in [-0.39, 0.29) is 0 Å². The number of carbonyl (C=O) groups is 1. The van der Waals surface area contributed by atoms with E-state index >= 15 is 0 Å². The minimum Gasteiger partial charge on any atom is -0.392 e. The third-order valence-electron chi connectivity index (χ3n) is 3.74. The van der Waals surface area contributed by atoms with Gasteiger partial charge >= 0.3 is 0 Å². The second-order valence-electron chi connectivity index (χ2n) is 5.56. The molecule has 1 amide bonds. The van der Waals surface area contributed by atoms with Crippen LogP contribution < -0.4 is 5.32 Å². The first-order valence-electron chi connectivity index (χ1n) is 7.89.